The van der Waals surface area contributed by atoms with Gasteiger partial charge in [-0.2, -0.15) is 0 Å². The largest absolute Gasteiger partial charge is 0.478 e. The van der Waals surface area contributed by atoms with Crippen LogP contribution >= 0.6 is 15.9 Å². The van der Waals surface area contributed by atoms with Gasteiger partial charge >= 0.3 is 5.97 Å². The Balaban J connectivity index is 2.34. The van der Waals surface area contributed by atoms with Gasteiger partial charge in [-0.15, -0.1) is 0 Å². The molecule has 0 spiro atoms. The molecule has 1 aromatic heterocycles. The van der Waals surface area contributed by atoms with Crippen LogP contribution in [0.1, 0.15) is 21.5 Å². The Morgan fingerprint density at radius 1 is 1.44 bits per heavy atom. The molecular weight excluding hydrogens is 301 g/mol. The first-order valence-corrected chi connectivity index (χ1v) is 6.10. The normalized spacial score (nSPS) is 10.6. The maximum Gasteiger partial charge on any atom is 0.337 e. The summed E-state index contributed by atoms with van der Waals surface area (Å²) in [5.74, 6) is -1.28. The molecule has 2 rings (SSSR count). The average molecular weight is 312 g/mol. The molecule has 0 aliphatic heterocycles. The molecule has 0 saturated carbocycles. The van der Waals surface area contributed by atoms with Gasteiger partial charge in [0.2, 0.25) is 0 Å². The number of carboxylic acids is 1. The van der Waals surface area contributed by atoms with Crippen LogP contribution in [-0.4, -0.2) is 15.6 Å². The Morgan fingerprint density at radius 3 is 2.78 bits per heavy atom. The Kier molecular flexibility index (Phi) is 3.52. The fraction of sp³-hybridized carbons (Fsp3) is 0.154. The van der Waals surface area contributed by atoms with Crippen LogP contribution in [0.4, 0.5) is 4.39 Å². The molecule has 0 radical (unpaired) electrons. The molecule has 5 heteroatoms. The summed E-state index contributed by atoms with van der Waals surface area (Å²) >= 11 is 3.29. The van der Waals surface area contributed by atoms with E-state index in [-0.39, 0.29) is 11.4 Å². The van der Waals surface area contributed by atoms with Gasteiger partial charge in [-0.25, -0.2) is 9.18 Å². The van der Waals surface area contributed by atoms with Crippen molar-refractivity contribution in [3.63, 3.8) is 0 Å². The minimum Gasteiger partial charge on any atom is -0.478 e. The molecule has 94 valence electrons. The van der Waals surface area contributed by atoms with E-state index in [4.69, 9.17) is 5.11 Å². The van der Waals surface area contributed by atoms with Crippen LogP contribution < -0.4 is 0 Å². The highest BCUT2D eigenvalue weighted by Gasteiger charge is 2.10. The van der Waals surface area contributed by atoms with Gasteiger partial charge < -0.3 is 9.67 Å². The molecule has 1 N–H and O–H groups in total. The molecule has 0 bridgehead atoms. The molecule has 0 fully saturated rings. The molecule has 0 unspecified atom stereocenters. The summed E-state index contributed by atoms with van der Waals surface area (Å²) in [6, 6.07) is 6.10. The van der Waals surface area contributed by atoms with E-state index in [0.29, 0.717) is 11.1 Å². The molecular formula is C13H11BrFNO2. The number of hydrogen-bond acceptors (Lipinski definition) is 1. The van der Waals surface area contributed by atoms with Crippen molar-refractivity contribution in [1.29, 1.82) is 0 Å². The van der Waals surface area contributed by atoms with Gasteiger partial charge in [0.05, 0.1) is 10.2 Å². The maximum absolute atomic E-state index is 13.2. The number of hydrogen-bond donors (Lipinski definition) is 1. The van der Waals surface area contributed by atoms with Crippen molar-refractivity contribution < 1.29 is 14.3 Å². The summed E-state index contributed by atoms with van der Waals surface area (Å²) in [6.07, 6.45) is 1.52. The molecule has 2 aromatic rings. The number of carbonyl (C=O) groups is 1. The maximum atomic E-state index is 13.2. The fourth-order valence-electron chi connectivity index (χ4n) is 1.71. The predicted octanol–water partition coefficient (Wildman–Crippen LogP) is 3.44. The third-order valence-electron chi connectivity index (χ3n) is 2.74. The quantitative estimate of drug-likeness (QED) is 0.943. The Labute approximate surface area is 112 Å². The summed E-state index contributed by atoms with van der Waals surface area (Å²) in [5.41, 5.74) is 1.99. The molecule has 3 nitrogen and oxygen atoms in total. The van der Waals surface area contributed by atoms with Gasteiger partial charge in [-0.1, -0.05) is 6.07 Å². The first-order valence-electron chi connectivity index (χ1n) is 5.31. The molecule has 0 amide bonds. The fourth-order valence-corrected chi connectivity index (χ4v) is 2.18. The van der Waals surface area contributed by atoms with E-state index in [2.05, 4.69) is 15.9 Å². The standard InChI is InChI=1S/C13H11BrFNO2/c1-8-2-3-11(15)4-9(8)6-16-7-10(13(17)18)5-12(16)14/h2-5,7H,6H2,1H3,(H,17,18). The minimum absolute atomic E-state index is 0.205. The Bertz CT molecular complexity index is 607. The van der Waals surface area contributed by atoms with E-state index in [0.717, 1.165) is 11.1 Å². The molecule has 18 heavy (non-hydrogen) atoms. The minimum atomic E-state index is -0.981. The van der Waals surface area contributed by atoms with Crippen molar-refractivity contribution in [3.05, 3.63) is 57.6 Å². The lowest BCUT2D eigenvalue weighted by Crippen LogP contribution is -2.01. The van der Waals surface area contributed by atoms with E-state index < -0.39 is 5.97 Å². The zero-order valence-corrected chi connectivity index (χ0v) is 11.2. The summed E-state index contributed by atoms with van der Waals surface area (Å²) < 4.78 is 15.6. The molecule has 0 atom stereocenters. The Morgan fingerprint density at radius 2 is 2.17 bits per heavy atom. The van der Waals surface area contributed by atoms with Crippen molar-refractivity contribution in [2.45, 2.75) is 13.5 Å². The van der Waals surface area contributed by atoms with Crippen molar-refractivity contribution in [2.75, 3.05) is 0 Å². The van der Waals surface area contributed by atoms with Gasteiger partial charge in [0.15, 0.2) is 0 Å². The highest BCUT2D eigenvalue weighted by molar-refractivity contribution is 9.10. The molecule has 0 saturated heterocycles. The first-order chi connectivity index (χ1) is 8.47. The SMILES string of the molecule is Cc1ccc(F)cc1Cn1cc(C(=O)O)cc1Br. The van der Waals surface area contributed by atoms with Crippen molar-refractivity contribution in [3.8, 4) is 0 Å². The van der Waals surface area contributed by atoms with Crippen LogP contribution in [0.5, 0.6) is 0 Å². The van der Waals surface area contributed by atoms with E-state index >= 15 is 0 Å². The van der Waals surface area contributed by atoms with Crippen LogP contribution in [0.2, 0.25) is 0 Å². The average Bonchev–Trinajstić information content (AvgIpc) is 2.66. The summed E-state index contributed by atoms with van der Waals surface area (Å²) in [7, 11) is 0. The number of aromatic nitrogens is 1. The van der Waals surface area contributed by atoms with Crippen LogP contribution in [0.15, 0.2) is 35.1 Å². The lowest BCUT2D eigenvalue weighted by molar-refractivity contribution is 0.0697. The van der Waals surface area contributed by atoms with Crippen LogP contribution in [-0.2, 0) is 6.54 Å². The second kappa shape index (κ2) is 4.94. The van der Waals surface area contributed by atoms with E-state index in [9.17, 15) is 9.18 Å². The third kappa shape index (κ3) is 2.61. The monoisotopic (exact) mass is 311 g/mol. The molecule has 0 aliphatic carbocycles. The molecule has 1 heterocycles. The second-order valence-electron chi connectivity index (χ2n) is 4.06. The predicted molar refractivity (Wildman–Crippen MR) is 69.3 cm³/mol. The lowest BCUT2D eigenvalue weighted by Gasteiger charge is -2.08. The van der Waals surface area contributed by atoms with Crippen LogP contribution in [0.25, 0.3) is 0 Å². The Hall–Kier alpha value is -1.62. The van der Waals surface area contributed by atoms with Crippen LogP contribution in [0, 0.1) is 12.7 Å². The third-order valence-corrected chi connectivity index (χ3v) is 3.43. The van der Waals surface area contributed by atoms with Gasteiger partial charge in [-0.05, 0) is 52.2 Å². The number of halogens is 2. The first kappa shape index (κ1) is 12.8. The summed E-state index contributed by atoms with van der Waals surface area (Å²) in [4.78, 5) is 10.8. The topological polar surface area (TPSA) is 42.2 Å². The summed E-state index contributed by atoms with van der Waals surface area (Å²) in [5, 5.41) is 8.89. The van der Waals surface area contributed by atoms with Gasteiger partial charge in [-0.3, -0.25) is 0 Å². The van der Waals surface area contributed by atoms with Gasteiger partial charge in [0.1, 0.15) is 5.82 Å². The number of aromatic carboxylic acids is 1. The van der Waals surface area contributed by atoms with Crippen molar-refractivity contribution in [2.24, 2.45) is 0 Å². The van der Waals surface area contributed by atoms with E-state index in [1.54, 1.807) is 10.6 Å². The lowest BCUT2D eigenvalue weighted by atomic mass is 10.1. The molecule has 1 aromatic carbocycles. The number of nitrogens with zero attached hydrogens (tertiary/aromatic N) is 1. The van der Waals surface area contributed by atoms with Gasteiger partial charge in [0, 0.05) is 12.7 Å². The second-order valence-corrected chi connectivity index (χ2v) is 4.87. The van der Waals surface area contributed by atoms with Gasteiger partial charge in [0.25, 0.3) is 0 Å². The highest BCUT2D eigenvalue weighted by atomic mass is 79.9. The number of benzene rings is 1. The van der Waals surface area contributed by atoms with Crippen LogP contribution in [0.3, 0.4) is 0 Å². The van der Waals surface area contributed by atoms with E-state index in [1.807, 2.05) is 6.92 Å². The zero-order valence-electron chi connectivity index (χ0n) is 9.65. The number of carboxylic acid groups (broad SMARTS) is 1. The zero-order chi connectivity index (χ0) is 13.3. The number of rotatable bonds is 3. The highest BCUT2D eigenvalue weighted by Crippen LogP contribution is 2.19. The van der Waals surface area contributed by atoms with Crippen molar-refractivity contribution in [1.82, 2.24) is 4.57 Å². The number of aryl methyl sites for hydroxylation is 1. The van der Waals surface area contributed by atoms with E-state index in [1.165, 1.54) is 24.4 Å². The smallest absolute Gasteiger partial charge is 0.337 e. The van der Waals surface area contributed by atoms with Crippen molar-refractivity contribution >= 4 is 21.9 Å². The summed E-state index contributed by atoms with van der Waals surface area (Å²) in [6.45, 7) is 2.32. The molecule has 0 aliphatic rings.